The van der Waals surface area contributed by atoms with Crippen LogP contribution in [0, 0.1) is 11.8 Å². The van der Waals surface area contributed by atoms with Gasteiger partial charge >= 0.3 is 0 Å². The molecule has 62 valence electrons. The highest BCUT2D eigenvalue weighted by atomic mass is 127. The van der Waals surface area contributed by atoms with Crippen LogP contribution in [-0.4, -0.2) is 0 Å². The first-order valence-electron chi connectivity index (χ1n) is 4.00. The highest BCUT2D eigenvalue weighted by Crippen LogP contribution is 2.07. The molecule has 0 N–H and O–H groups in total. The largest absolute Gasteiger partial charge is 0.0982 e. The zero-order valence-electron chi connectivity index (χ0n) is 7.10. The van der Waals surface area contributed by atoms with E-state index < -0.39 is 0 Å². The molecule has 0 fully saturated rings. The molecule has 0 bridgehead atoms. The summed E-state index contributed by atoms with van der Waals surface area (Å²) >= 11 is 2.36. The molecule has 12 heavy (non-hydrogen) atoms. The monoisotopic (exact) mass is 270 g/mol. The third kappa shape index (κ3) is 2.86. The van der Waals surface area contributed by atoms with E-state index in [0.717, 1.165) is 16.4 Å². The summed E-state index contributed by atoms with van der Waals surface area (Å²) in [5.74, 6) is 6.18. The summed E-state index contributed by atoms with van der Waals surface area (Å²) in [7, 11) is 0. The van der Waals surface area contributed by atoms with Gasteiger partial charge in [-0.15, -0.1) is 0 Å². The Kier molecular flexibility index (Phi) is 4.16. The molecule has 0 aliphatic carbocycles. The van der Waals surface area contributed by atoms with Gasteiger partial charge in [0.25, 0.3) is 0 Å². The van der Waals surface area contributed by atoms with Gasteiger partial charge in [-0.25, -0.2) is 0 Å². The van der Waals surface area contributed by atoms with Gasteiger partial charge in [0.1, 0.15) is 0 Å². The molecular weight excluding hydrogens is 259 g/mol. The molecule has 1 heteroatoms. The van der Waals surface area contributed by atoms with Crippen LogP contribution in [0.1, 0.15) is 24.5 Å². The van der Waals surface area contributed by atoms with Crippen LogP contribution in [0.2, 0.25) is 0 Å². The number of hydrogen-bond donors (Lipinski definition) is 0. The quantitative estimate of drug-likeness (QED) is 0.417. The van der Waals surface area contributed by atoms with Gasteiger partial charge < -0.3 is 0 Å². The third-order valence-corrected chi connectivity index (χ3v) is 2.37. The maximum absolute atomic E-state index is 3.12. The van der Waals surface area contributed by atoms with Gasteiger partial charge in [-0.2, -0.15) is 0 Å². The summed E-state index contributed by atoms with van der Waals surface area (Å²) in [4.78, 5) is 0. The van der Waals surface area contributed by atoms with Gasteiger partial charge in [-0.05, 0) is 17.7 Å². The Bertz CT molecular complexity index is 304. The summed E-state index contributed by atoms with van der Waals surface area (Å²) in [5.41, 5.74) is 2.48. The minimum absolute atomic E-state index is 0.925. The van der Waals surface area contributed by atoms with Crippen LogP contribution >= 0.6 is 22.6 Å². The maximum Gasteiger partial charge on any atom is 0.0248 e. The van der Waals surface area contributed by atoms with Gasteiger partial charge in [0.2, 0.25) is 0 Å². The first-order chi connectivity index (χ1) is 5.86. The van der Waals surface area contributed by atoms with Gasteiger partial charge in [-0.1, -0.05) is 53.5 Å². The van der Waals surface area contributed by atoms with Crippen LogP contribution in [0.25, 0.3) is 0 Å². The molecule has 0 saturated heterocycles. The highest BCUT2D eigenvalue weighted by molar-refractivity contribution is 14.1. The molecule has 1 aromatic carbocycles. The standard InChI is InChI=1S/C11H11I/c1-2-3-5-10-6-4-7-11(8-10)9-12/h4,6-8H,2,9H2,1H3. The van der Waals surface area contributed by atoms with Crippen molar-refractivity contribution < 1.29 is 0 Å². The molecule has 0 radical (unpaired) electrons. The van der Waals surface area contributed by atoms with Crippen molar-refractivity contribution in [3.8, 4) is 11.8 Å². The van der Waals surface area contributed by atoms with E-state index in [2.05, 4.69) is 65.6 Å². The van der Waals surface area contributed by atoms with Crippen LogP contribution in [0.3, 0.4) is 0 Å². The smallest absolute Gasteiger partial charge is 0.0248 e. The molecule has 0 amide bonds. The van der Waals surface area contributed by atoms with Crippen molar-refractivity contribution in [2.75, 3.05) is 0 Å². The van der Waals surface area contributed by atoms with E-state index in [9.17, 15) is 0 Å². The predicted molar refractivity (Wildman–Crippen MR) is 61.3 cm³/mol. The van der Waals surface area contributed by atoms with Crippen molar-refractivity contribution in [2.24, 2.45) is 0 Å². The topological polar surface area (TPSA) is 0 Å². The molecule has 1 aromatic rings. The van der Waals surface area contributed by atoms with Gasteiger partial charge in [-0.3, -0.25) is 0 Å². The molecule has 0 spiro atoms. The minimum Gasteiger partial charge on any atom is -0.0982 e. The zero-order chi connectivity index (χ0) is 8.81. The second-order valence-electron chi connectivity index (χ2n) is 2.49. The Labute approximate surface area is 87.5 Å². The van der Waals surface area contributed by atoms with Crippen molar-refractivity contribution in [1.82, 2.24) is 0 Å². The first kappa shape index (κ1) is 9.60. The van der Waals surface area contributed by atoms with E-state index in [-0.39, 0.29) is 0 Å². The highest BCUT2D eigenvalue weighted by Gasteiger charge is 1.89. The number of halogens is 1. The molecule has 0 unspecified atom stereocenters. The van der Waals surface area contributed by atoms with Crippen molar-refractivity contribution in [2.45, 2.75) is 17.8 Å². The SMILES string of the molecule is CCC#Cc1cccc(CI)c1. The molecule has 0 heterocycles. The molecule has 1 rings (SSSR count). The Morgan fingerprint density at radius 3 is 2.92 bits per heavy atom. The van der Waals surface area contributed by atoms with Crippen LogP contribution in [-0.2, 0) is 4.43 Å². The maximum atomic E-state index is 3.12. The Morgan fingerprint density at radius 1 is 1.42 bits per heavy atom. The van der Waals surface area contributed by atoms with Crippen molar-refractivity contribution in [1.29, 1.82) is 0 Å². The lowest BCUT2D eigenvalue weighted by molar-refractivity contribution is 1.28. The Hall–Kier alpha value is -0.490. The van der Waals surface area contributed by atoms with Crippen molar-refractivity contribution in [3.63, 3.8) is 0 Å². The van der Waals surface area contributed by atoms with Crippen LogP contribution in [0.5, 0.6) is 0 Å². The molecular formula is C11H11I. The van der Waals surface area contributed by atoms with Gasteiger partial charge in [0, 0.05) is 16.4 Å². The second-order valence-corrected chi connectivity index (χ2v) is 3.25. The third-order valence-electron chi connectivity index (χ3n) is 1.49. The first-order valence-corrected chi connectivity index (χ1v) is 5.53. The lowest BCUT2D eigenvalue weighted by Crippen LogP contribution is -1.78. The average molecular weight is 270 g/mol. The predicted octanol–water partition coefficient (Wildman–Crippen LogP) is 3.38. The van der Waals surface area contributed by atoms with E-state index in [4.69, 9.17) is 0 Å². The van der Waals surface area contributed by atoms with Crippen LogP contribution in [0.15, 0.2) is 24.3 Å². The van der Waals surface area contributed by atoms with E-state index in [1.807, 2.05) is 0 Å². The fourth-order valence-corrected chi connectivity index (χ4v) is 1.40. The number of alkyl halides is 1. The lowest BCUT2D eigenvalue weighted by Gasteiger charge is -1.94. The van der Waals surface area contributed by atoms with Gasteiger partial charge in [0.15, 0.2) is 0 Å². The molecule has 0 aromatic heterocycles. The molecule has 0 atom stereocenters. The molecule has 0 nitrogen and oxygen atoms in total. The number of hydrogen-bond acceptors (Lipinski definition) is 0. The summed E-state index contributed by atoms with van der Waals surface area (Å²) in [6, 6.07) is 8.39. The fourth-order valence-electron chi connectivity index (χ4n) is 0.923. The summed E-state index contributed by atoms with van der Waals surface area (Å²) < 4.78 is 1.05. The summed E-state index contributed by atoms with van der Waals surface area (Å²) in [6.07, 6.45) is 0.925. The second kappa shape index (κ2) is 5.21. The van der Waals surface area contributed by atoms with Crippen LogP contribution < -0.4 is 0 Å². The van der Waals surface area contributed by atoms with E-state index in [0.29, 0.717) is 0 Å². The fraction of sp³-hybridized carbons (Fsp3) is 0.273. The lowest BCUT2D eigenvalue weighted by atomic mass is 10.1. The Balaban J connectivity index is 2.86. The average Bonchev–Trinajstić information content (AvgIpc) is 2.15. The molecule has 0 aliphatic rings. The van der Waals surface area contributed by atoms with E-state index in [1.54, 1.807) is 0 Å². The zero-order valence-corrected chi connectivity index (χ0v) is 9.26. The van der Waals surface area contributed by atoms with Crippen molar-refractivity contribution >= 4 is 22.6 Å². The number of rotatable bonds is 1. The minimum atomic E-state index is 0.925. The normalized spacial score (nSPS) is 8.83. The van der Waals surface area contributed by atoms with Gasteiger partial charge in [0.05, 0.1) is 0 Å². The Morgan fingerprint density at radius 2 is 2.25 bits per heavy atom. The van der Waals surface area contributed by atoms with E-state index >= 15 is 0 Å². The molecule has 0 saturated carbocycles. The summed E-state index contributed by atoms with van der Waals surface area (Å²) in [6.45, 7) is 2.06. The number of benzene rings is 1. The molecule has 0 aliphatic heterocycles. The van der Waals surface area contributed by atoms with Crippen LogP contribution in [0.4, 0.5) is 0 Å². The summed E-state index contributed by atoms with van der Waals surface area (Å²) in [5, 5.41) is 0. The van der Waals surface area contributed by atoms with E-state index in [1.165, 1.54) is 5.56 Å². The van der Waals surface area contributed by atoms with Crippen molar-refractivity contribution in [3.05, 3.63) is 35.4 Å².